The number of aromatic nitrogens is 2. The van der Waals surface area contributed by atoms with Crippen molar-refractivity contribution in [2.24, 2.45) is 0 Å². The summed E-state index contributed by atoms with van der Waals surface area (Å²) in [5.41, 5.74) is 0.730. The fourth-order valence-electron chi connectivity index (χ4n) is 1.88. The van der Waals surface area contributed by atoms with Crippen LogP contribution in [0.2, 0.25) is 5.02 Å². The largest absolute Gasteiger partial charge is 0.482 e. The Morgan fingerprint density at radius 2 is 1.80 bits per heavy atom. The Balaban J connectivity index is 1.49. The minimum Gasteiger partial charge on any atom is -0.482 e. The summed E-state index contributed by atoms with van der Waals surface area (Å²) in [7, 11) is 0. The van der Waals surface area contributed by atoms with Gasteiger partial charge in [0, 0.05) is 15.1 Å². The third kappa shape index (κ3) is 5.04. The topological polar surface area (TPSA) is 74.5 Å². The summed E-state index contributed by atoms with van der Waals surface area (Å²) >= 11 is 9.15. The van der Waals surface area contributed by atoms with Gasteiger partial charge in [-0.3, -0.25) is 0 Å². The Kier molecular flexibility index (Phi) is 5.67. The first-order chi connectivity index (χ1) is 12.1. The van der Waals surface area contributed by atoms with Crippen LogP contribution in [0.15, 0.2) is 57.4 Å². The normalized spacial score (nSPS) is 10.5. The molecule has 0 saturated carbocycles. The van der Waals surface area contributed by atoms with Gasteiger partial charge in [0.2, 0.25) is 5.89 Å². The Bertz CT molecular complexity index is 850. The maximum Gasteiger partial charge on any atom is 0.344 e. The number of benzene rings is 2. The number of halogens is 2. The van der Waals surface area contributed by atoms with E-state index in [1.807, 2.05) is 12.1 Å². The second-order valence-electron chi connectivity index (χ2n) is 4.91. The van der Waals surface area contributed by atoms with Crippen LogP contribution in [0.5, 0.6) is 5.75 Å². The Labute approximate surface area is 156 Å². The lowest BCUT2D eigenvalue weighted by molar-refractivity contribution is -0.148. The molecule has 0 aliphatic carbocycles. The van der Waals surface area contributed by atoms with Crippen molar-refractivity contribution in [3.63, 3.8) is 0 Å². The van der Waals surface area contributed by atoms with E-state index in [9.17, 15) is 4.79 Å². The molecule has 6 nitrogen and oxygen atoms in total. The van der Waals surface area contributed by atoms with Gasteiger partial charge < -0.3 is 13.9 Å². The molecule has 3 rings (SSSR count). The van der Waals surface area contributed by atoms with Gasteiger partial charge in [0.05, 0.1) is 0 Å². The quantitative estimate of drug-likeness (QED) is 0.551. The van der Waals surface area contributed by atoms with Crippen LogP contribution in [-0.4, -0.2) is 22.8 Å². The number of esters is 1. The van der Waals surface area contributed by atoms with Gasteiger partial charge in [0.15, 0.2) is 13.2 Å². The number of rotatable bonds is 6. The van der Waals surface area contributed by atoms with E-state index in [-0.39, 0.29) is 19.1 Å². The van der Waals surface area contributed by atoms with Crippen LogP contribution in [-0.2, 0) is 16.1 Å². The first-order valence-electron chi connectivity index (χ1n) is 7.22. The molecule has 0 radical (unpaired) electrons. The molecule has 25 heavy (non-hydrogen) atoms. The molecule has 0 aliphatic heterocycles. The van der Waals surface area contributed by atoms with Gasteiger partial charge in [-0.05, 0) is 48.5 Å². The van der Waals surface area contributed by atoms with Gasteiger partial charge in [-0.25, -0.2) is 4.79 Å². The summed E-state index contributed by atoms with van der Waals surface area (Å²) < 4.78 is 16.7. The summed E-state index contributed by atoms with van der Waals surface area (Å²) in [5.74, 6) is 0.563. The summed E-state index contributed by atoms with van der Waals surface area (Å²) in [5, 5.41) is 8.37. The predicted octanol–water partition coefficient (Wildman–Crippen LogP) is 4.27. The molecule has 0 amide bonds. The van der Waals surface area contributed by atoms with Crippen LogP contribution in [0.25, 0.3) is 11.5 Å². The predicted molar refractivity (Wildman–Crippen MR) is 94.2 cm³/mol. The molecule has 1 aromatic heterocycles. The molecule has 3 aromatic rings. The molecular formula is C17H12BrClN2O4. The minimum atomic E-state index is -0.533. The number of ether oxygens (including phenoxy) is 2. The molecule has 1 heterocycles. The van der Waals surface area contributed by atoms with Crippen LogP contribution in [0, 0.1) is 0 Å². The van der Waals surface area contributed by atoms with E-state index in [1.165, 1.54) is 0 Å². The van der Waals surface area contributed by atoms with Crippen molar-refractivity contribution in [3.05, 3.63) is 63.9 Å². The highest BCUT2D eigenvalue weighted by Gasteiger charge is 2.11. The van der Waals surface area contributed by atoms with Crippen LogP contribution >= 0.6 is 27.5 Å². The number of hydrogen-bond donors (Lipinski definition) is 0. The molecule has 0 N–H and O–H groups in total. The van der Waals surface area contributed by atoms with Gasteiger partial charge in [0.1, 0.15) is 5.75 Å². The van der Waals surface area contributed by atoms with E-state index < -0.39 is 5.97 Å². The van der Waals surface area contributed by atoms with Crippen molar-refractivity contribution in [2.75, 3.05) is 6.61 Å². The maximum atomic E-state index is 11.7. The molecule has 0 saturated heterocycles. The number of hydrogen-bond acceptors (Lipinski definition) is 6. The number of carbonyl (C=O) groups excluding carboxylic acids is 1. The molecule has 0 atom stereocenters. The molecule has 0 fully saturated rings. The van der Waals surface area contributed by atoms with Crippen LogP contribution in [0.3, 0.4) is 0 Å². The molecular weight excluding hydrogens is 412 g/mol. The first-order valence-corrected chi connectivity index (χ1v) is 8.39. The third-order valence-corrected chi connectivity index (χ3v) is 3.87. The van der Waals surface area contributed by atoms with E-state index in [1.54, 1.807) is 36.4 Å². The molecule has 0 bridgehead atoms. The standard InChI is InChI=1S/C17H12BrClN2O4/c18-12-3-7-14(8-4-12)23-10-16(22)24-9-15-20-21-17(25-15)11-1-5-13(19)6-2-11/h1-8H,9-10H2. The molecule has 0 unspecified atom stereocenters. The average molecular weight is 424 g/mol. The second kappa shape index (κ2) is 8.13. The molecule has 2 aromatic carbocycles. The molecule has 0 aliphatic rings. The van der Waals surface area contributed by atoms with Gasteiger partial charge in [-0.2, -0.15) is 0 Å². The van der Waals surface area contributed by atoms with E-state index in [2.05, 4.69) is 26.1 Å². The minimum absolute atomic E-state index is 0.122. The van der Waals surface area contributed by atoms with Crippen molar-refractivity contribution in [2.45, 2.75) is 6.61 Å². The lowest BCUT2D eigenvalue weighted by Gasteiger charge is -2.05. The highest BCUT2D eigenvalue weighted by molar-refractivity contribution is 9.10. The lowest BCUT2D eigenvalue weighted by atomic mass is 10.2. The van der Waals surface area contributed by atoms with Crippen LogP contribution < -0.4 is 4.74 Å². The average Bonchev–Trinajstić information content (AvgIpc) is 3.09. The Hall–Kier alpha value is -2.38. The van der Waals surface area contributed by atoms with Crippen LogP contribution in [0.1, 0.15) is 5.89 Å². The zero-order chi connectivity index (χ0) is 17.6. The van der Waals surface area contributed by atoms with Gasteiger partial charge >= 0.3 is 5.97 Å². The van der Waals surface area contributed by atoms with E-state index in [0.717, 1.165) is 10.0 Å². The van der Waals surface area contributed by atoms with E-state index in [0.29, 0.717) is 16.7 Å². The zero-order valence-electron chi connectivity index (χ0n) is 12.8. The molecule has 8 heteroatoms. The Morgan fingerprint density at radius 1 is 1.08 bits per heavy atom. The SMILES string of the molecule is O=C(COc1ccc(Br)cc1)OCc1nnc(-c2ccc(Cl)cc2)o1. The van der Waals surface area contributed by atoms with Crippen molar-refractivity contribution < 1.29 is 18.7 Å². The highest BCUT2D eigenvalue weighted by Crippen LogP contribution is 2.20. The fourth-order valence-corrected chi connectivity index (χ4v) is 2.27. The third-order valence-electron chi connectivity index (χ3n) is 3.08. The van der Waals surface area contributed by atoms with Crippen molar-refractivity contribution in [1.29, 1.82) is 0 Å². The van der Waals surface area contributed by atoms with E-state index in [4.69, 9.17) is 25.5 Å². The van der Waals surface area contributed by atoms with Gasteiger partial charge in [-0.1, -0.05) is 27.5 Å². The van der Waals surface area contributed by atoms with E-state index >= 15 is 0 Å². The molecule has 0 spiro atoms. The van der Waals surface area contributed by atoms with Crippen molar-refractivity contribution in [3.8, 4) is 17.2 Å². The smallest absolute Gasteiger partial charge is 0.344 e. The Morgan fingerprint density at radius 3 is 2.52 bits per heavy atom. The van der Waals surface area contributed by atoms with Crippen molar-refractivity contribution in [1.82, 2.24) is 10.2 Å². The summed E-state index contributed by atoms with van der Waals surface area (Å²) in [6, 6.07) is 14.1. The lowest BCUT2D eigenvalue weighted by Crippen LogP contribution is -2.14. The summed E-state index contributed by atoms with van der Waals surface area (Å²) in [4.78, 5) is 11.7. The van der Waals surface area contributed by atoms with Gasteiger partial charge in [0.25, 0.3) is 5.89 Å². The second-order valence-corrected chi connectivity index (χ2v) is 6.26. The number of nitrogens with zero attached hydrogens (tertiary/aromatic N) is 2. The first kappa shape index (κ1) is 17.4. The highest BCUT2D eigenvalue weighted by atomic mass is 79.9. The summed E-state index contributed by atoms with van der Waals surface area (Å²) in [6.45, 7) is -0.330. The van der Waals surface area contributed by atoms with Crippen molar-refractivity contribution >= 4 is 33.5 Å². The zero-order valence-corrected chi connectivity index (χ0v) is 15.2. The molecule has 128 valence electrons. The fraction of sp³-hybridized carbons (Fsp3) is 0.118. The van der Waals surface area contributed by atoms with Crippen LogP contribution in [0.4, 0.5) is 0 Å². The monoisotopic (exact) mass is 422 g/mol. The number of carbonyl (C=O) groups is 1. The maximum absolute atomic E-state index is 11.7. The van der Waals surface area contributed by atoms with Gasteiger partial charge in [-0.15, -0.1) is 10.2 Å². The summed E-state index contributed by atoms with van der Waals surface area (Å²) in [6.07, 6.45) is 0.